The third-order valence-corrected chi connectivity index (χ3v) is 6.81. The highest BCUT2D eigenvalue weighted by molar-refractivity contribution is 6.07. The van der Waals surface area contributed by atoms with Crippen LogP contribution in [0.25, 0.3) is 0 Å². The predicted molar refractivity (Wildman–Crippen MR) is 134 cm³/mol. The molecule has 1 aliphatic carbocycles. The molecule has 3 aromatic rings. The third-order valence-electron chi connectivity index (χ3n) is 6.81. The second-order valence-corrected chi connectivity index (χ2v) is 8.99. The number of anilines is 1. The van der Waals surface area contributed by atoms with E-state index in [2.05, 4.69) is 19.1 Å². The monoisotopic (exact) mass is 451 g/mol. The van der Waals surface area contributed by atoms with Crippen LogP contribution in [0.15, 0.2) is 90.1 Å². The molecule has 4 heteroatoms. The molecule has 4 nitrogen and oxygen atoms in total. The quantitative estimate of drug-likeness (QED) is 0.438. The summed E-state index contributed by atoms with van der Waals surface area (Å²) in [5.41, 5.74) is 5.87. The lowest BCUT2D eigenvalue weighted by Gasteiger charge is -2.38. The molecule has 0 radical (unpaired) electrons. The van der Waals surface area contributed by atoms with Crippen molar-refractivity contribution in [1.29, 1.82) is 0 Å². The molecule has 1 heterocycles. The van der Waals surface area contributed by atoms with Gasteiger partial charge in [0.25, 0.3) is 0 Å². The summed E-state index contributed by atoms with van der Waals surface area (Å²) in [5, 5.41) is 0. The summed E-state index contributed by atoms with van der Waals surface area (Å²) in [5.74, 6) is 0.784. The van der Waals surface area contributed by atoms with Gasteiger partial charge in [0.2, 0.25) is 5.91 Å². The van der Waals surface area contributed by atoms with Gasteiger partial charge in [-0.2, -0.15) is 0 Å². The van der Waals surface area contributed by atoms with Crippen molar-refractivity contribution in [2.45, 2.75) is 51.6 Å². The molecule has 0 fully saturated rings. The molecule has 1 aliphatic heterocycles. The summed E-state index contributed by atoms with van der Waals surface area (Å²) in [4.78, 5) is 28.3. The van der Waals surface area contributed by atoms with E-state index in [9.17, 15) is 9.59 Å². The number of carbonyl (C=O) groups excluding carboxylic acids is 2. The maximum atomic E-state index is 13.4. The zero-order valence-corrected chi connectivity index (χ0v) is 19.5. The van der Waals surface area contributed by atoms with Crippen LogP contribution in [0.3, 0.4) is 0 Å². The van der Waals surface area contributed by atoms with E-state index in [1.165, 1.54) is 5.56 Å². The Morgan fingerprint density at radius 1 is 0.853 bits per heavy atom. The number of ether oxygens (including phenoxy) is 1. The fourth-order valence-electron chi connectivity index (χ4n) is 5.00. The third kappa shape index (κ3) is 4.41. The number of amides is 1. The number of allylic oxidation sites excluding steroid dienone is 2. The average Bonchev–Trinajstić information content (AvgIpc) is 2.88. The van der Waals surface area contributed by atoms with Crippen molar-refractivity contribution < 1.29 is 14.3 Å². The van der Waals surface area contributed by atoms with Gasteiger partial charge in [-0.1, -0.05) is 61.5 Å². The molecule has 0 saturated heterocycles. The van der Waals surface area contributed by atoms with Crippen LogP contribution in [0.1, 0.15) is 55.2 Å². The number of carbonyl (C=O) groups is 2. The van der Waals surface area contributed by atoms with E-state index in [4.69, 9.17) is 4.74 Å². The number of hydrogen-bond donors (Lipinski definition) is 0. The minimum absolute atomic E-state index is 0.0482. The van der Waals surface area contributed by atoms with Crippen LogP contribution >= 0.6 is 0 Å². The first-order valence-electron chi connectivity index (χ1n) is 12.1. The summed E-state index contributed by atoms with van der Waals surface area (Å²) in [6.45, 7) is 2.62. The average molecular weight is 452 g/mol. The van der Waals surface area contributed by atoms with Crippen LogP contribution in [0, 0.1) is 0 Å². The molecule has 1 atom stereocenters. The normalized spacial score (nSPS) is 18.1. The van der Waals surface area contributed by atoms with Gasteiger partial charge in [-0.3, -0.25) is 14.5 Å². The topological polar surface area (TPSA) is 46.6 Å². The maximum Gasteiger partial charge on any atom is 0.232 e. The Kier molecular flexibility index (Phi) is 6.31. The molecule has 3 aromatic carbocycles. The van der Waals surface area contributed by atoms with Crippen LogP contribution in [0.4, 0.5) is 5.69 Å². The number of hydrogen-bond acceptors (Lipinski definition) is 3. The van der Waals surface area contributed by atoms with Crippen LogP contribution < -0.4 is 9.64 Å². The fourth-order valence-corrected chi connectivity index (χ4v) is 5.00. The Labute approximate surface area is 200 Å². The van der Waals surface area contributed by atoms with Crippen molar-refractivity contribution >= 4 is 17.4 Å². The standard InChI is InChI=1S/C30H29NO3/c1-2-21-11-15-24(16-12-21)31-27-9-6-10-28(32)30(27)26(19-29(31)33)23-13-17-25(18-14-23)34-20-22-7-4-3-5-8-22/h3-5,7-8,11-18,26H,2,6,9-10,19-20H2,1H3. The summed E-state index contributed by atoms with van der Waals surface area (Å²) in [7, 11) is 0. The minimum atomic E-state index is -0.204. The zero-order chi connectivity index (χ0) is 23.5. The van der Waals surface area contributed by atoms with Crippen molar-refractivity contribution in [2.24, 2.45) is 0 Å². The smallest absolute Gasteiger partial charge is 0.232 e. The summed E-state index contributed by atoms with van der Waals surface area (Å²) in [6.07, 6.45) is 3.33. The first-order valence-corrected chi connectivity index (χ1v) is 12.1. The van der Waals surface area contributed by atoms with Crippen LogP contribution in [-0.4, -0.2) is 11.7 Å². The van der Waals surface area contributed by atoms with E-state index in [0.29, 0.717) is 19.4 Å². The molecule has 5 rings (SSSR count). The van der Waals surface area contributed by atoms with E-state index in [1.54, 1.807) is 4.90 Å². The van der Waals surface area contributed by atoms with E-state index < -0.39 is 0 Å². The van der Waals surface area contributed by atoms with Crippen molar-refractivity contribution in [3.05, 3.63) is 107 Å². The first-order chi connectivity index (χ1) is 16.6. The van der Waals surface area contributed by atoms with Crippen LogP contribution in [0.5, 0.6) is 5.75 Å². The Hall–Kier alpha value is -3.66. The summed E-state index contributed by atoms with van der Waals surface area (Å²) < 4.78 is 5.92. The van der Waals surface area contributed by atoms with Gasteiger partial charge in [0, 0.05) is 35.7 Å². The highest BCUT2D eigenvalue weighted by Gasteiger charge is 2.39. The SMILES string of the molecule is CCc1ccc(N2C(=O)CC(c3ccc(OCc4ccccc4)cc3)C3=C2CCCC3=O)cc1. The largest absolute Gasteiger partial charge is 0.489 e. The molecule has 1 amide bonds. The molecule has 2 aliphatic rings. The number of aryl methyl sites for hydroxylation is 1. The van der Waals surface area contributed by atoms with Crippen molar-refractivity contribution in [1.82, 2.24) is 0 Å². The molecule has 1 unspecified atom stereocenters. The highest BCUT2D eigenvalue weighted by atomic mass is 16.5. The van der Waals surface area contributed by atoms with Gasteiger partial charge in [0.15, 0.2) is 5.78 Å². The first kappa shape index (κ1) is 22.1. The van der Waals surface area contributed by atoms with Crippen molar-refractivity contribution in [3.63, 3.8) is 0 Å². The van der Waals surface area contributed by atoms with Crippen molar-refractivity contribution in [3.8, 4) is 5.75 Å². The lowest BCUT2D eigenvalue weighted by molar-refractivity contribution is -0.119. The van der Waals surface area contributed by atoms with Gasteiger partial charge in [-0.15, -0.1) is 0 Å². The number of benzene rings is 3. The number of nitrogens with zero attached hydrogens (tertiary/aromatic N) is 1. The Morgan fingerprint density at radius 3 is 2.29 bits per heavy atom. The van der Waals surface area contributed by atoms with E-state index in [-0.39, 0.29) is 17.6 Å². The zero-order valence-electron chi connectivity index (χ0n) is 19.5. The molecular formula is C30H29NO3. The molecule has 0 aromatic heterocycles. The summed E-state index contributed by atoms with van der Waals surface area (Å²) >= 11 is 0. The second kappa shape index (κ2) is 9.68. The molecular weight excluding hydrogens is 422 g/mol. The predicted octanol–water partition coefficient (Wildman–Crippen LogP) is 6.36. The molecule has 0 N–H and O–H groups in total. The Morgan fingerprint density at radius 2 is 1.59 bits per heavy atom. The number of rotatable bonds is 6. The lowest BCUT2D eigenvalue weighted by Crippen LogP contribution is -2.40. The van der Waals surface area contributed by atoms with Gasteiger partial charge in [-0.25, -0.2) is 0 Å². The van der Waals surface area contributed by atoms with Gasteiger partial charge in [0.05, 0.1) is 0 Å². The number of Topliss-reactive ketones (excluding diaryl/α,β-unsaturated/α-hetero) is 1. The van der Waals surface area contributed by atoms with E-state index in [0.717, 1.165) is 53.1 Å². The maximum absolute atomic E-state index is 13.4. The van der Waals surface area contributed by atoms with Gasteiger partial charge < -0.3 is 4.74 Å². The molecule has 172 valence electrons. The summed E-state index contributed by atoms with van der Waals surface area (Å²) in [6, 6.07) is 26.0. The second-order valence-electron chi connectivity index (χ2n) is 8.99. The van der Waals surface area contributed by atoms with E-state index >= 15 is 0 Å². The molecule has 0 spiro atoms. The Bertz CT molecular complexity index is 1210. The number of ketones is 1. The van der Waals surface area contributed by atoms with Crippen molar-refractivity contribution in [2.75, 3.05) is 4.90 Å². The lowest BCUT2D eigenvalue weighted by atomic mass is 9.77. The van der Waals surface area contributed by atoms with Gasteiger partial charge in [0.1, 0.15) is 12.4 Å². The Balaban J connectivity index is 1.42. The minimum Gasteiger partial charge on any atom is -0.489 e. The van der Waals surface area contributed by atoms with Gasteiger partial charge >= 0.3 is 0 Å². The van der Waals surface area contributed by atoms with Gasteiger partial charge in [-0.05, 0) is 60.2 Å². The van der Waals surface area contributed by atoms with Crippen LogP contribution in [0.2, 0.25) is 0 Å². The van der Waals surface area contributed by atoms with Crippen LogP contribution in [-0.2, 0) is 22.6 Å². The molecule has 0 bridgehead atoms. The molecule has 34 heavy (non-hydrogen) atoms. The highest BCUT2D eigenvalue weighted by Crippen LogP contribution is 2.43. The van der Waals surface area contributed by atoms with E-state index in [1.807, 2.05) is 66.7 Å². The molecule has 0 saturated carbocycles. The fraction of sp³-hybridized carbons (Fsp3) is 0.267.